The van der Waals surface area contributed by atoms with Gasteiger partial charge in [0.15, 0.2) is 18.7 Å². The molecule has 0 radical (unpaired) electrons. The average Bonchev–Trinajstić information content (AvgIpc) is 3.33. The number of unbranched alkanes of at least 4 members (excludes halogenated alkanes) is 19. The van der Waals surface area contributed by atoms with E-state index in [0.29, 0.717) is 19.3 Å². The Labute approximate surface area is 408 Å². The summed E-state index contributed by atoms with van der Waals surface area (Å²) in [6, 6.07) is 0. The second kappa shape index (κ2) is 40.1. The van der Waals surface area contributed by atoms with E-state index >= 15 is 0 Å². The van der Waals surface area contributed by atoms with Crippen molar-refractivity contribution in [3.8, 4) is 0 Å². The van der Waals surface area contributed by atoms with Gasteiger partial charge in [-0.05, 0) is 64.2 Å². The summed E-state index contributed by atoms with van der Waals surface area (Å²) in [5, 5.41) is 72.1. The summed E-state index contributed by atoms with van der Waals surface area (Å²) in [4.78, 5) is 25.7. The molecule has 394 valence electrons. The molecule has 0 spiro atoms. The van der Waals surface area contributed by atoms with Gasteiger partial charge in [0.2, 0.25) is 0 Å². The largest absolute Gasteiger partial charge is 0.462 e. The molecule has 2 aliphatic rings. The van der Waals surface area contributed by atoms with Crippen molar-refractivity contribution < 1.29 is 73.8 Å². The Balaban J connectivity index is 1.83. The van der Waals surface area contributed by atoms with Gasteiger partial charge in [0, 0.05) is 12.8 Å². The molecular weight excluding hydrogens is 877 g/mol. The number of ether oxygens (including phenoxy) is 6. The summed E-state index contributed by atoms with van der Waals surface area (Å²) >= 11 is 0. The van der Waals surface area contributed by atoms with Crippen molar-refractivity contribution in [2.45, 2.75) is 248 Å². The average molecular weight is 969 g/mol. The van der Waals surface area contributed by atoms with E-state index in [1.165, 1.54) is 83.5 Å². The molecule has 0 aromatic carbocycles. The van der Waals surface area contributed by atoms with Crippen molar-refractivity contribution in [2.75, 3.05) is 26.4 Å². The molecule has 68 heavy (non-hydrogen) atoms. The zero-order chi connectivity index (χ0) is 49.6. The summed E-state index contributed by atoms with van der Waals surface area (Å²) in [5.74, 6) is -0.996. The fourth-order valence-electron chi connectivity index (χ4n) is 7.95. The first-order valence-electron chi connectivity index (χ1n) is 26.2. The summed E-state index contributed by atoms with van der Waals surface area (Å²) in [6.07, 6.45) is 27.2. The van der Waals surface area contributed by atoms with Crippen molar-refractivity contribution in [1.29, 1.82) is 0 Å². The zero-order valence-corrected chi connectivity index (χ0v) is 41.6. The second-order valence-corrected chi connectivity index (χ2v) is 18.4. The molecule has 2 fully saturated rings. The van der Waals surface area contributed by atoms with E-state index in [2.05, 4.69) is 56.4 Å². The molecule has 0 aliphatic carbocycles. The van der Waals surface area contributed by atoms with Crippen LogP contribution in [0.3, 0.4) is 0 Å². The first kappa shape index (κ1) is 61.6. The molecule has 15 nitrogen and oxygen atoms in total. The molecule has 2 aliphatic heterocycles. The fraction of sp³-hybridized carbons (Fsp3) is 0.811. The van der Waals surface area contributed by atoms with Gasteiger partial charge in [-0.15, -0.1) is 0 Å². The second-order valence-electron chi connectivity index (χ2n) is 18.4. The minimum absolute atomic E-state index is 0.0969. The molecule has 2 saturated heterocycles. The van der Waals surface area contributed by atoms with Crippen LogP contribution in [0.4, 0.5) is 0 Å². The smallest absolute Gasteiger partial charge is 0.306 e. The van der Waals surface area contributed by atoms with Gasteiger partial charge < -0.3 is 64.2 Å². The van der Waals surface area contributed by atoms with Gasteiger partial charge in [-0.2, -0.15) is 0 Å². The van der Waals surface area contributed by atoms with E-state index in [1.54, 1.807) is 0 Å². The predicted molar refractivity (Wildman–Crippen MR) is 261 cm³/mol. The van der Waals surface area contributed by atoms with Crippen molar-refractivity contribution in [2.24, 2.45) is 0 Å². The van der Waals surface area contributed by atoms with Gasteiger partial charge in [-0.3, -0.25) is 9.59 Å². The predicted octanol–water partition coefficient (Wildman–Crippen LogP) is 7.49. The van der Waals surface area contributed by atoms with Crippen LogP contribution in [-0.2, 0) is 38.0 Å². The maximum Gasteiger partial charge on any atom is 0.306 e. The molecule has 0 amide bonds. The number of aliphatic hydroxyl groups is 7. The lowest BCUT2D eigenvalue weighted by molar-refractivity contribution is -0.332. The number of aliphatic hydroxyl groups excluding tert-OH is 7. The normalized spacial score (nSPS) is 26.1. The Kier molecular flexibility index (Phi) is 36.3. The highest BCUT2D eigenvalue weighted by Crippen LogP contribution is 2.26. The quantitative estimate of drug-likeness (QED) is 0.0137. The third-order valence-electron chi connectivity index (χ3n) is 12.3. The molecule has 0 aromatic rings. The molecule has 7 N–H and O–H groups in total. The SMILES string of the molecule is CCCCCC/C=C/C=C/CCCCCCCC(=O)OC[C@H](CO[C@H]1O[C@@H](CO[C@H]2O[C@@H](CO)[C@@H](O)C(O)C2O)[C@@H](O)C(O)C1O)OC(=O)CCC/C=C/C/C=C/CCCCCCCCCCC. The van der Waals surface area contributed by atoms with Gasteiger partial charge >= 0.3 is 11.9 Å². The summed E-state index contributed by atoms with van der Waals surface area (Å²) in [6.45, 7) is 2.51. The van der Waals surface area contributed by atoms with E-state index < -0.39 is 99.3 Å². The first-order valence-corrected chi connectivity index (χ1v) is 26.2. The van der Waals surface area contributed by atoms with Gasteiger partial charge in [0.1, 0.15) is 55.4 Å². The number of esters is 2. The number of allylic oxidation sites excluding steroid dienone is 8. The molecule has 4 unspecified atom stereocenters. The Morgan fingerprint density at radius 3 is 1.51 bits per heavy atom. The van der Waals surface area contributed by atoms with Crippen LogP contribution in [-0.4, -0.2) is 142 Å². The van der Waals surface area contributed by atoms with Gasteiger partial charge in [-0.1, -0.05) is 152 Å². The van der Waals surface area contributed by atoms with E-state index in [1.807, 2.05) is 6.08 Å². The van der Waals surface area contributed by atoms with Gasteiger partial charge in [-0.25, -0.2) is 0 Å². The molecule has 0 bridgehead atoms. The maximum atomic E-state index is 13.0. The Morgan fingerprint density at radius 2 is 0.941 bits per heavy atom. The Bertz CT molecular complexity index is 1370. The molecule has 2 heterocycles. The molecule has 0 aromatic heterocycles. The van der Waals surface area contributed by atoms with Crippen molar-refractivity contribution in [3.63, 3.8) is 0 Å². The number of rotatable bonds is 40. The molecule has 2 rings (SSSR count). The van der Waals surface area contributed by atoms with Crippen LogP contribution < -0.4 is 0 Å². The summed E-state index contributed by atoms with van der Waals surface area (Å²) in [7, 11) is 0. The first-order chi connectivity index (χ1) is 33.0. The van der Waals surface area contributed by atoms with E-state index in [9.17, 15) is 45.3 Å². The van der Waals surface area contributed by atoms with E-state index in [4.69, 9.17) is 28.4 Å². The monoisotopic (exact) mass is 969 g/mol. The van der Waals surface area contributed by atoms with Crippen LogP contribution in [0.15, 0.2) is 48.6 Å². The molecular formula is C53H92O15. The minimum atomic E-state index is -1.78. The Morgan fingerprint density at radius 1 is 0.485 bits per heavy atom. The Hall–Kier alpha value is -2.54. The van der Waals surface area contributed by atoms with Crippen LogP contribution in [0.2, 0.25) is 0 Å². The summed E-state index contributed by atoms with van der Waals surface area (Å²) < 4.78 is 33.5. The molecule has 0 saturated carbocycles. The van der Waals surface area contributed by atoms with Gasteiger partial charge in [0.05, 0.1) is 19.8 Å². The maximum absolute atomic E-state index is 13.0. The highest BCUT2D eigenvalue weighted by molar-refractivity contribution is 5.70. The lowest BCUT2D eigenvalue weighted by Crippen LogP contribution is -2.61. The highest BCUT2D eigenvalue weighted by Gasteiger charge is 2.47. The minimum Gasteiger partial charge on any atom is -0.462 e. The van der Waals surface area contributed by atoms with Crippen molar-refractivity contribution >= 4 is 11.9 Å². The molecule has 15 heteroatoms. The van der Waals surface area contributed by atoms with E-state index in [-0.39, 0.29) is 19.4 Å². The molecule has 11 atom stereocenters. The lowest BCUT2D eigenvalue weighted by atomic mass is 9.98. The number of hydrogen-bond acceptors (Lipinski definition) is 15. The van der Waals surface area contributed by atoms with E-state index in [0.717, 1.165) is 51.4 Å². The third-order valence-corrected chi connectivity index (χ3v) is 12.3. The third kappa shape index (κ3) is 27.7. The fourth-order valence-corrected chi connectivity index (χ4v) is 7.95. The number of carbonyl (C=O) groups excluding carboxylic acids is 2. The number of carbonyl (C=O) groups is 2. The van der Waals surface area contributed by atoms with Crippen LogP contribution >= 0.6 is 0 Å². The van der Waals surface area contributed by atoms with Crippen LogP contribution in [0.25, 0.3) is 0 Å². The number of hydrogen-bond donors (Lipinski definition) is 7. The topological polar surface area (TPSA) is 231 Å². The summed E-state index contributed by atoms with van der Waals surface area (Å²) in [5.41, 5.74) is 0. The lowest BCUT2D eigenvalue weighted by Gasteiger charge is -2.42. The van der Waals surface area contributed by atoms with Gasteiger partial charge in [0.25, 0.3) is 0 Å². The highest BCUT2D eigenvalue weighted by atomic mass is 16.7. The van der Waals surface area contributed by atoms with Crippen molar-refractivity contribution in [1.82, 2.24) is 0 Å². The standard InChI is InChI=1S/C53H92O15/c1-3-5-7-9-11-13-15-17-19-20-22-24-26-28-30-32-34-36-45(56)66-41(38-63-44(55)35-33-31-29-27-25-23-21-18-16-14-12-10-8-6-4-2)39-64-52-51(62)49(60)47(58)43(68-52)40-65-53-50(61)48(59)46(57)42(37-54)67-53/h14,16,18,21-22,24,28,30,41-43,46-54,57-62H,3-13,15,17,19-20,23,25-27,29,31-40H2,1-2H3/b16-14+,21-18+,24-22+,30-28+/t41-,42+,43+,46-,47-,48?,49?,50?,51?,52+,53+/m1/s1. The van der Waals surface area contributed by atoms with Crippen LogP contribution in [0.5, 0.6) is 0 Å². The van der Waals surface area contributed by atoms with Crippen LogP contribution in [0, 0.1) is 0 Å². The zero-order valence-electron chi connectivity index (χ0n) is 41.6. The van der Waals surface area contributed by atoms with Crippen molar-refractivity contribution in [3.05, 3.63) is 48.6 Å². The van der Waals surface area contributed by atoms with Crippen LogP contribution in [0.1, 0.15) is 181 Å².